The maximum absolute atomic E-state index is 7.10. The summed E-state index contributed by atoms with van der Waals surface area (Å²) in [5.74, 6) is 0. The van der Waals surface area contributed by atoms with Crippen LogP contribution < -0.4 is 0 Å². The van der Waals surface area contributed by atoms with Crippen LogP contribution in [0.3, 0.4) is 0 Å². The van der Waals surface area contributed by atoms with Crippen LogP contribution in [-0.4, -0.2) is 0 Å². The molecule has 0 fully saturated rings. The highest BCUT2D eigenvalue weighted by molar-refractivity contribution is 6.27. The first-order valence-corrected chi connectivity index (χ1v) is 20.6. The Morgan fingerprint density at radius 3 is 1.30 bits per heavy atom. The minimum atomic E-state index is 0.872. The van der Waals surface area contributed by atoms with Crippen LogP contribution in [0.2, 0.25) is 0 Å². The fraction of sp³-hybridized carbons (Fsp3) is 0. The molecule has 60 heavy (non-hydrogen) atoms. The lowest BCUT2D eigenvalue weighted by Crippen LogP contribution is -1.91. The highest BCUT2D eigenvalue weighted by Crippen LogP contribution is 2.49. The molecule has 0 atom stereocenters. The second-order valence-electron chi connectivity index (χ2n) is 15.8. The zero-order valence-electron chi connectivity index (χ0n) is 32.4. The fourth-order valence-corrected chi connectivity index (χ4v) is 10.2. The van der Waals surface area contributed by atoms with Crippen molar-refractivity contribution in [2.45, 2.75) is 0 Å². The van der Waals surface area contributed by atoms with Crippen LogP contribution in [-0.2, 0) is 0 Å². The lowest BCUT2D eigenvalue weighted by molar-refractivity contribution is 0.669. The van der Waals surface area contributed by atoms with Crippen molar-refractivity contribution in [1.29, 1.82) is 0 Å². The van der Waals surface area contributed by atoms with E-state index in [0.717, 1.165) is 55.0 Å². The van der Waals surface area contributed by atoms with Crippen molar-refractivity contribution in [3.05, 3.63) is 206 Å². The normalized spacial score (nSPS) is 12.0. The van der Waals surface area contributed by atoms with Crippen LogP contribution in [0.4, 0.5) is 0 Å². The maximum atomic E-state index is 7.10. The van der Waals surface area contributed by atoms with Crippen LogP contribution in [0, 0.1) is 0 Å². The minimum absolute atomic E-state index is 0.872. The van der Waals surface area contributed by atoms with Gasteiger partial charge in [-0.3, -0.25) is 0 Å². The molecule has 2 heterocycles. The second kappa shape index (κ2) is 12.8. The first-order chi connectivity index (χ1) is 29.8. The van der Waals surface area contributed by atoms with E-state index in [1.165, 1.54) is 76.5 Å². The number of benzene rings is 11. The van der Waals surface area contributed by atoms with Crippen molar-refractivity contribution >= 4 is 87.0 Å². The van der Waals surface area contributed by atoms with E-state index in [-0.39, 0.29) is 0 Å². The van der Waals surface area contributed by atoms with Crippen molar-refractivity contribution in [3.8, 4) is 44.5 Å². The van der Waals surface area contributed by atoms with E-state index in [9.17, 15) is 0 Å². The molecule has 11 aromatic carbocycles. The van der Waals surface area contributed by atoms with Crippen LogP contribution >= 0.6 is 0 Å². The molecule has 0 amide bonds. The Balaban J connectivity index is 1.06. The molecule has 0 radical (unpaired) electrons. The molecule has 0 aliphatic heterocycles. The third-order valence-corrected chi connectivity index (χ3v) is 12.7. The number of rotatable bonds is 4. The SMILES string of the molecule is c1ccc(-c2c3ccccc3c(-c3cccc4c3oc3cc(-c5c6ccccc6c(-c6cccc7oc8ccccc8c67)c6ccccc56)ccc34)c3ccccc23)cc1. The first-order valence-electron chi connectivity index (χ1n) is 20.6. The molecular weight excluding hydrogens is 729 g/mol. The van der Waals surface area contributed by atoms with Gasteiger partial charge in [0, 0.05) is 32.7 Å². The van der Waals surface area contributed by atoms with Gasteiger partial charge >= 0.3 is 0 Å². The van der Waals surface area contributed by atoms with Crippen LogP contribution in [0.25, 0.3) is 131 Å². The second-order valence-corrected chi connectivity index (χ2v) is 15.8. The van der Waals surface area contributed by atoms with Crippen LogP contribution in [0.1, 0.15) is 0 Å². The van der Waals surface area contributed by atoms with Gasteiger partial charge in [-0.05, 0) is 101 Å². The van der Waals surface area contributed by atoms with Gasteiger partial charge in [0.25, 0.3) is 0 Å². The topological polar surface area (TPSA) is 26.3 Å². The third kappa shape index (κ3) is 4.70. The number of hydrogen-bond donors (Lipinski definition) is 0. The summed E-state index contributed by atoms with van der Waals surface area (Å²) in [6.45, 7) is 0. The van der Waals surface area contributed by atoms with E-state index >= 15 is 0 Å². The summed E-state index contributed by atoms with van der Waals surface area (Å²) in [4.78, 5) is 0. The molecule has 0 aliphatic rings. The Labute approximate surface area is 345 Å². The standard InChI is InChI=1S/C58H34O2/c1-2-16-35(17-3-1)53-38-18-4-10-24-44(38)56(45-25-11-5-19-39(45)53)49-29-14-27-46-37-33-32-36(34-52(37)60-58(46)49)54-40-20-6-8-22-42(40)55(43-23-9-7-21-41(43)54)48-28-15-31-51-57(48)47-26-12-13-30-50(47)59-51/h1-34H. The van der Waals surface area contributed by atoms with Crippen molar-refractivity contribution in [1.82, 2.24) is 0 Å². The minimum Gasteiger partial charge on any atom is -0.456 e. The summed E-state index contributed by atoms with van der Waals surface area (Å²) in [6.07, 6.45) is 0. The third-order valence-electron chi connectivity index (χ3n) is 12.7. The summed E-state index contributed by atoms with van der Waals surface area (Å²) in [5.41, 5.74) is 13.0. The molecule has 2 nitrogen and oxygen atoms in total. The zero-order valence-corrected chi connectivity index (χ0v) is 32.4. The quantitative estimate of drug-likeness (QED) is 0.167. The number of para-hydroxylation sites is 2. The van der Waals surface area contributed by atoms with E-state index in [4.69, 9.17) is 8.83 Å². The molecule has 2 heteroatoms. The Morgan fingerprint density at radius 2 is 0.683 bits per heavy atom. The molecular formula is C58H34O2. The van der Waals surface area contributed by atoms with Gasteiger partial charge in [-0.2, -0.15) is 0 Å². The predicted octanol–water partition coefficient (Wildman–Crippen LogP) is 16.8. The Kier molecular flexibility index (Phi) is 7.05. The number of fused-ring (bicyclic) bond motifs is 10. The Hall–Kier alpha value is -7.94. The van der Waals surface area contributed by atoms with Crippen LogP contribution in [0.5, 0.6) is 0 Å². The van der Waals surface area contributed by atoms with Crippen LogP contribution in [0.15, 0.2) is 215 Å². The average molecular weight is 763 g/mol. The van der Waals surface area contributed by atoms with E-state index in [0.29, 0.717) is 0 Å². The molecule has 13 aromatic rings. The van der Waals surface area contributed by atoms with E-state index in [2.05, 4.69) is 200 Å². The molecule has 0 N–H and O–H groups in total. The summed E-state index contributed by atoms with van der Waals surface area (Å²) >= 11 is 0. The zero-order chi connectivity index (χ0) is 39.3. The summed E-state index contributed by atoms with van der Waals surface area (Å²) in [7, 11) is 0. The predicted molar refractivity (Wildman–Crippen MR) is 253 cm³/mol. The highest BCUT2D eigenvalue weighted by atomic mass is 16.3. The summed E-state index contributed by atoms with van der Waals surface area (Å²) < 4.78 is 13.5. The van der Waals surface area contributed by atoms with Gasteiger partial charge in [0.2, 0.25) is 0 Å². The van der Waals surface area contributed by atoms with Gasteiger partial charge in [0.05, 0.1) is 0 Å². The van der Waals surface area contributed by atoms with Crippen molar-refractivity contribution in [2.75, 3.05) is 0 Å². The number of furan rings is 2. The van der Waals surface area contributed by atoms with E-state index in [1.54, 1.807) is 0 Å². The van der Waals surface area contributed by atoms with Crippen molar-refractivity contribution in [2.24, 2.45) is 0 Å². The highest BCUT2D eigenvalue weighted by Gasteiger charge is 2.23. The summed E-state index contributed by atoms with van der Waals surface area (Å²) in [5, 5.41) is 14.2. The van der Waals surface area contributed by atoms with Gasteiger partial charge in [0.1, 0.15) is 22.3 Å². The molecule has 278 valence electrons. The summed E-state index contributed by atoms with van der Waals surface area (Å²) in [6, 6.07) is 74.3. The fourth-order valence-electron chi connectivity index (χ4n) is 10.2. The molecule has 0 saturated carbocycles. The smallest absolute Gasteiger partial charge is 0.143 e. The van der Waals surface area contributed by atoms with Gasteiger partial charge in [-0.1, -0.05) is 182 Å². The monoisotopic (exact) mass is 762 g/mol. The number of hydrogen-bond acceptors (Lipinski definition) is 2. The van der Waals surface area contributed by atoms with Crippen molar-refractivity contribution < 1.29 is 8.83 Å². The Bertz CT molecular complexity index is 3770. The molecule has 0 saturated heterocycles. The lowest BCUT2D eigenvalue weighted by atomic mass is 9.85. The van der Waals surface area contributed by atoms with E-state index < -0.39 is 0 Å². The molecule has 0 unspecified atom stereocenters. The van der Waals surface area contributed by atoms with Gasteiger partial charge in [-0.25, -0.2) is 0 Å². The lowest BCUT2D eigenvalue weighted by Gasteiger charge is -2.18. The average Bonchev–Trinajstić information content (AvgIpc) is 3.89. The van der Waals surface area contributed by atoms with Gasteiger partial charge in [-0.15, -0.1) is 0 Å². The molecule has 0 spiro atoms. The molecule has 2 aromatic heterocycles. The van der Waals surface area contributed by atoms with Gasteiger partial charge < -0.3 is 8.83 Å². The van der Waals surface area contributed by atoms with Crippen molar-refractivity contribution in [3.63, 3.8) is 0 Å². The maximum Gasteiger partial charge on any atom is 0.143 e. The van der Waals surface area contributed by atoms with Gasteiger partial charge in [0.15, 0.2) is 0 Å². The molecule has 0 aliphatic carbocycles. The first kappa shape index (κ1) is 33.1. The molecule has 13 rings (SSSR count). The molecule has 0 bridgehead atoms. The largest absolute Gasteiger partial charge is 0.456 e. The van der Waals surface area contributed by atoms with E-state index in [1.807, 2.05) is 6.07 Å². The Morgan fingerprint density at radius 1 is 0.233 bits per heavy atom.